The first kappa shape index (κ1) is 67.6. The van der Waals surface area contributed by atoms with Crippen LogP contribution in [0.2, 0.25) is 0 Å². The second kappa shape index (κ2) is 59.2. The molecule has 2 atom stereocenters. The fourth-order valence-electron chi connectivity index (χ4n) is 9.99. The molecule has 0 rings (SSSR count). The zero-order chi connectivity index (χ0) is 50.0. The Hall–Kier alpha value is -1.40. The van der Waals surface area contributed by atoms with Crippen molar-refractivity contribution in [2.24, 2.45) is 0 Å². The lowest BCUT2D eigenvalue weighted by molar-refractivity contribution is -0.143. The van der Waals surface area contributed by atoms with Crippen molar-refractivity contribution in [1.82, 2.24) is 5.32 Å². The topological polar surface area (TPSA) is 95.9 Å². The summed E-state index contributed by atoms with van der Waals surface area (Å²) >= 11 is 0. The number of hydrogen-bond acceptors (Lipinski definition) is 5. The first-order valence-electron chi connectivity index (χ1n) is 31.4. The first-order chi connectivity index (χ1) is 34.0. The second-order valence-electron chi connectivity index (χ2n) is 21.7. The quantitative estimate of drug-likeness (QED) is 0.0321. The van der Waals surface area contributed by atoms with E-state index in [-0.39, 0.29) is 18.5 Å². The highest BCUT2D eigenvalue weighted by atomic mass is 16.5. The lowest BCUT2D eigenvalue weighted by Crippen LogP contribution is -2.45. The minimum Gasteiger partial charge on any atom is -0.466 e. The molecule has 0 aliphatic heterocycles. The number of aliphatic hydroxyl groups is 2. The van der Waals surface area contributed by atoms with Crippen molar-refractivity contribution < 1.29 is 24.5 Å². The molecule has 0 bridgehead atoms. The third kappa shape index (κ3) is 55.8. The fraction of sp³-hybridized carbons (Fsp3) is 0.937. The van der Waals surface area contributed by atoms with Gasteiger partial charge < -0.3 is 20.3 Å². The summed E-state index contributed by atoms with van der Waals surface area (Å²) in [6.07, 6.45) is 70.7. The molecule has 0 aliphatic rings. The number of aliphatic hydroxyl groups excluding tert-OH is 2. The first-order valence-corrected chi connectivity index (χ1v) is 31.4. The number of rotatable bonds is 59. The van der Waals surface area contributed by atoms with Crippen LogP contribution < -0.4 is 5.32 Å². The monoisotopic (exact) mass is 974 g/mol. The molecule has 410 valence electrons. The molecule has 0 aliphatic carbocycles. The van der Waals surface area contributed by atoms with Gasteiger partial charge in [-0.2, -0.15) is 0 Å². The summed E-state index contributed by atoms with van der Waals surface area (Å²) in [5.41, 5.74) is 0. The minimum atomic E-state index is -0.671. The van der Waals surface area contributed by atoms with Crippen LogP contribution in [0, 0.1) is 0 Å². The number of nitrogens with one attached hydrogen (secondary N) is 1. The Morgan fingerprint density at radius 3 is 1.03 bits per heavy atom. The summed E-state index contributed by atoms with van der Waals surface area (Å²) < 4.78 is 5.47. The van der Waals surface area contributed by atoms with Gasteiger partial charge in [-0.1, -0.05) is 302 Å². The highest BCUT2D eigenvalue weighted by Crippen LogP contribution is 2.18. The molecule has 6 heteroatoms. The van der Waals surface area contributed by atoms with E-state index in [9.17, 15) is 19.8 Å². The maximum absolute atomic E-state index is 12.5. The van der Waals surface area contributed by atoms with E-state index in [0.717, 1.165) is 51.4 Å². The minimum absolute atomic E-state index is 0.00662. The Morgan fingerprint density at radius 1 is 0.391 bits per heavy atom. The number of hydrogen-bond donors (Lipinski definition) is 3. The van der Waals surface area contributed by atoms with Gasteiger partial charge in [-0.25, -0.2) is 0 Å². The van der Waals surface area contributed by atoms with E-state index in [1.807, 2.05) is 0 Å². The van der Waals surface area contributed by atoms with Crippen molar-refractivity contribution in [2.45, 2.75) is 366 Å². The van der Waals surface area contributed by atoms with Crippen LogP contribution in [0.15, 0.2) is 12.2 Å². The van der Waals surface area contributed by atoms with Crippen molar-refractivity contribution in [1.29, 1.82) is 0 Å². The summed E-state index contributed by atoms with van der Waals surface area (Å²) in [4.78, 5) is 24.6. The van der Waals surface area contributed by atoms with E-state index in [1.165, 1.54) is 270 Å². The molecule has 0 aromatic carbocycles. The summed E-state index contributed by atoms with van der Waals surface area (Å²) in [5, 5.41) is 23.4. The van der Waals surface area contributed by atoms with Gasteiger partial charge in [0, 0.05) is 12.8 Å². The fourth-order valence-corrected chi connectivity index (χ4v) is 9.99. The second-order valence-corrected chi connectivity index (χ2v) is 21.7. The van der Waals surface area contributed by atoms with Crippen LogP contribution in [0.4, 0.5) is 0 Å². The molecule has 0 saturated heterocycles. The van der Waals surface area contributed by atoms with E-state index in [2.05, 4.69) is 31.3 Å². The van der Waals surface area contributed by atoms with E-state index >= 15 is 0 Å². The number of allylic oxidation sites excluding steroid dienone is 2. The molecule has 0 heterocycles. The molecule has 0 saturated carbocycles. The third-order valence-corrected chi connectivity index (χ3v) is 14.8. The van der Waals surface area contributed by atoms with Crippen molar-refractivity contribution in [3.8, 4) is 0 Å². The Morgan fingerprint density at radius 2 is 0.681 bits per heavy atom. The van der Waals surface area contributed by atoms with Gasteiger partial charge in [0.2, 0.25) is 5.91 Å². The average Bonchev–Trinajstić information content (AvgIpc) is 3.35. The number of amides is 1. The lowest BCUT2D eigenvalue weighted by atomic mass is 10.0. The van der Waals surface area contributed by atoms with Crippen molar-refractivity contribution in [2.75, 3.05) is 13.2 Å². The molecule has 2 unspecified atom stereocenters. The normalized spacial score (nSPS) is 12.6. The summed E-state index contributed by atoms with van der Waals surface area (Å²) in [6.45, 7) is 4.95. The van der Waals surface area contributed by atoms with Gasteiger partial charge in [0.05, 0.1) is 25.4 Å². The molecule has 69 heavy (non-hydrogen) atoms. The zero-order valence-corrected chi connectivity index (χ0v) is 46.8. The van der Waals surface area contributed by atoms with Gasteiger partial charge in [0.1, 0.15) is 0 Å². The number of carbonyl (C=O) groups excluding carboxylic acids is 2. The van der Waals surface area contributed by atoms with Gasteiger partial charge in [-0.05, 0) is 51.4 Å². The summed E-state index contributed by atoms with van der Waals surface area (Å²) in [5.74, 6) is -0.0461. The molecule has 3 N–H and O–H groups in total. The highest BCUT2D eigenvalue weighted by molar-refractivity contribution is 5.76. The molecular weight excluding hydrogens is 851 g/mol. The van der Waals surface area contributed by atoms with Crippen LogP contribution in [0.25, 0.3) is 0 Å². The number of carbonyl (C=O) groups is 2. The largest absolute Gasteiger partial charge is 0.466 e. The van der Waals surface area contributed by atoms with Crippen molar-refractivity contribution in [3.63, 3.8) is 0 Å². The van der Waals surface area contributed by atoms with Crippen molar-refractivity contribution >= 4 is 11.9 Å². The summed E-state index contributed by atoms with van der Waals surface area (Å²) in [6, 6.07) is -0.549. The molecule has 0 aromatic rings. The predicted molar refractivity (Wildman–Crippen MR) is 301 cm³/mol. The van der Waals surface area contributed by atoms with Crippen LogP contribution in [0.5, 0.6) is 0 Å². The van der Waals surface area contributed by atoms with Crippen LogP contribution >= 0.6 is 0 Å². The van der Waals surface area contributed by atoms with Crippen LogP contribution in [-0.4, -0.2) is 47.4 Å². The molecule has 0 aromatic heterocycles. The SMILES string of the molecule is CCCCCCC/C=C\CCCCCCCC(=O)OCCCCCCCCCCCCCCCCCC(=O)NC(CO)C(O)CCCCCCCCCCCCCCCCCCCCCCCCC. The van der Waals surface area contributed by atoms with Gasteiger partial charge in [0.15, 0.2) is 0 Å². The molecule has 1 amide bonds. The number of esters is 1. The van der Waals surface area contributed by atoms with Crippen molar-refractivity contribution in [3.05, 3.63) is 12.2 Å². The number of ether oxygens (including phenoxy) is 1. The van der Waals surface area contributed by atoms with E-state index in [0.29, 0.717) is 25.9 Å². The maximum atomic E-state index is 12.5. The summed E-state index contributed by atoms with van der Waals surface area (Å²) in [7, 11) is 0. The van der Waals surface area contributed by atoms with E-state index in [1.54, 1.807) is 0 Å². The van der Waals surface area contributed by atoms with Gasteiger partial charge >= 0.3 is 5.97 Å². The molecule has 0 spiro atoms. The Balaban J connectivity index is 3.42. The third-order valence-electron chi connectivity index (χ3n) is 14.8. The lowest BCUT2D eigenvalue weighted by Gasteiger charge is -2.22. The highest BCUT2D eigenvalue weighted by Gasteiger charge is 2.20. The molecule has 0 radical (unpaired) electrons. The van der Waals surface area contributed by atoms with E-state index < -0.39 is 12.1 Å². The molecule has 0 fully saturated rings. The van der Waals surface area contributed by atoms with Gasteiger partial charge in [0.25, 0.3) is 0 Å². The smallest absolute Gasteiger partial charge is 0.305 e. The Labute approximate surface area is 431 Å². The number of unbranched alkanes of at least 4 members (excludes halogenated alkanes) is 46. The standard InChI is InChI=1S/C63H123NO5/c1-3-5-7-9-11-13-15-17-19-20-21-22-23-24-25-26-28-31-35-39-43-47-51-55-61(66)60(59-65)64-62(67)56-52-48-44-40-36-32-29-27-30-34-38-42-46-50-54-58-69-63(68)57-53-49-45-41-37-33-18-16-14-12-10-8-6-4-2/h16,18,60-61,65-66H,3-15,17,19-59H2,1-2H3,(H,64,67)/b18-16-. The van der Waals surface area contributed by atoms with E-state index in [4.69, 9.17) is 4.74 Å². The molecule has 6 nitrogen and oxygen atoms in total. The predicted octanol–water partition coefficient (Wildman–Crippen LogP) is 19.6. The Bertz CT molecular complexity index is 1030. The maximum Gasteiger partial charge on any atom is 0.305 e. The van der Waals surface area contributed by atoms with Crippen LogP contribution in [0.3, 0.4) is 0 Å². The van der Waals surface area contributed by atoms with Gasteiger partial charge in [-0.15, -0.1) is 0 Å². The Kier molecular flexibility index (Phi) is 58.0. The zero-order valence-electron chi connectivity index (χ0n) is 46.8. The van der Waals surface area contributed by atoms with Crippen LogP contribution in [-0.2, 0) is 14.3 Å². The average molecular weight is 975 g/mol. The molecular formula is C63H123NO5. The van der Waals surface area contributed by atoms with Gasteiger partial charge in [-0.3, -0.25) is 9.59 Å². The van der Waals surface area contributed by atoms with Crippen LogP contribution in [0.1, 0.15) is 354 Å².